The highest BCUT2D eigenvalue weighted by Crippen LogP contribution is 2.20. The molecular formula is C14H21N3O3. The van der Waals surface area contributed by atoms with Crippen LogP contribution in [0.15, 0.2) is 6.07 Å². The minimum Gasteiger partial charge on any atom is -0.481 e. The molecule has 6 heteroatoms. The predicted molar refractivity (Wildman–Crippen MR) is 73.3 cm³/mol. The monoisotopic (exact) mass is 279 g/mol. The van der Waals surface area contributed by atoms with Gasteiger partial charge in [-0.1, -0.05) is 0 Å². The summed E-state index contributed by atoms with van der Waals surface area (Å²) < 4.78 is 1.85. The highest BCUT2D eigenvalue weighted by atomic mass is 16.4. The highest BCUT2D eigenvalue weighted by Gasteiger charge is 2.27. The fourth-order valence-electron chi connectivity index (χ4n) is 2.73. The molecular weight excluding hydrogens is 258 g/mol. The lowest BCUT2D eigenvalue weighted by Crippen LogP contribution is -2.29. The van der Waals surface area contributed by atoms with Gasteiger partial charge in [-0.25, -0.2) is 0 Å². The van der Waals surface area contributed by atoms with Crippen molar-refractivity contribution >= 4 is 11.9 Å². The number of aryl methyl sites for hydroxylation is 3. The molecule has 1 unspecified atom stereocenters. The van der Waals surface area contributed by atoms with E-state index in [0.717, 1.165) is 17.8 Å². The first-order chi connectivity index (χ1) is 9.45. The molecule has 0 aromatic carbocycles. The molecule has 1 aromatic heterocycles. The van der Waals surface area contributed by atoms with Crippen LogP contribution in [0.4, 0.5) is 0 Å². The number of aromatic nitrogens is 2. The van der Waals surface area contributed by atoms with Gasteiger partial charge in [0.05, 0.1) is 5.69 Å². The Labute approximate surface area is 118 Å². The maximum Gasteiger partial charge on any atom is 0.303 e. The van der Waals surface area contributed by atoms with E-state index < -0.39 is 5.97 Å². The second kappa shape index (κ2) is 6.07. The van der Waals surface area contributed by atoms with Crippen molar-refractivity contribution in [3.8, 4) is 0 Å². The van der Waals surface area contributed by atoms with Gasteiger partial charge >= 0.3 is 5.97 Å². The van der Waals surface area contributed by atoms with Crippen LogP contribution in [0.1, 0.15) is 30.7 Å². The van der Waals surface area contributed by atoms with Crippen LogP contribution in [0.25, 0.3) is 0 Å². The highest BCUT2D eigenvalue weighted by molar-refractivity contribution is 5.76. The summed E-state index contributed by atoms with van der Waals surface area (Å²) in [7, 11) is 0. The first-order valence-corrected chi connectivity index (χ1v) is 6.96. The second-order valence-corrected chi connectivity index (χ2v) is 5.49. The van der Waals surface area contributed by atoms with Crippen molar-refractivity contribution in [2.75, 3.05) is 13.1 Å². The zero-order valence-corrected chi connectivity index (χ0v) is 12.0. The van der Waals surface area contributed by atoms with E-state index in [1.54, 1.807) is 4.90 Å². The SMILES string of the molecule is Cc1cc(C)n(CCC(=O)N2CCC(CC(=O)O)C2)n1. The molecule has 1 aromatic rings. The van der Waals surface area contributed by atoms with E-state index in [-0.39, 0.29) is 18.2 Å². The lowest BCUT2D eigenvalue weighted by atomic mass is 10.1. The minimum absolute atomic E-state index is 0.0884. The number of aliphatic carboxylic acids is 1. The van der Waals surface area contributed by atoms with Crippen LogP contribution in [0.3, 0.4) is 0 Å². The summed E-state index contributed by atoms with van der Waals surface area (Å²) >= 11 is 0. The molecule has 1 atom stereocenters. The molecule has 1 saturated heterocycles. The van der Waals surface area contributed by atoms with Crippen LogP contribution < -0.4 is 0 Å². The smallest absolute Gasteiger partial charge is 0.303 e. The normalized spacial score (nSPS) is 18.5. The molecule has 2 rings (SSSR count). The van der Waals surface area contributed by atoms with Crippen LogP contribution in [0, 0.1) is 19.8 Å². The number of carboxylic acids is 1. The van der Waals surface area contributed by atoms with Crippen molar-refractivity contribution in [2.45, 2.75) is 39.7 Å². The third-order valence-electron chi connectivity index (χ3n) is 3.74. The van der Waals surface area contributed by atoms with Gasteiger partial charge in [0.1, 0.15) is 0 Å². The minimum atomic E-state index is -0.785. The zero-order chi connectivity index (χ0) is 14.7. The number of likely N-dealkylation sites (tertiary alicyclic amines) is 1. The molecule has 110 valence electrons. The summed E-state index contributed by atoms with van der Waals surface area (Å²) in [4.78, 5) is 24.5. The van der Waals surface area contributed by atoms with Crippen molar-refractivity contribution in [3.63, 3.8) is 0 Å². The Balaban J connectivity index is 1.81. The van der Waals surface area contributed by atoms with Crippen molar-refractivity contribution in [1.29, 1.82) is 0 Å². The Morgan fingerprint density at radius 1 is 1.45 bits per heavy atom. The van der Waals surface area contributed by atoms with Crippen LogP contribution >= 0.6 is 0 Å². The van der Waals surface area contributed by atoms with Gasteiger partial charge < -0.3 is 10.0 Å². The zero-order valence-electron chi connectivity index (χ0n) is 12.0. The molecule has 0 saturated carbocycles. The lowest BCUT2D eigenvalue weighted by molar-refractivity contribution is -0.138. The molecule has 0 spiro atoms. The Bertz CT molecular complexity index is 510. The molecule has 0 aliphatic carbocycles. The molecule has 1 N–H and O–H groups in total. The van der Waals surface area contributed by atoms with Gasteiger partial charge in [-0.15, -0.1) is 0 Å². The average molecular weight is 279 g/mol. The summed E-state index contributed by atoms with van der Waals surface area (Å²) in [5, 5.41) is 13.1. The van der Waals surface area contributed by atoms with Crippen LogP contribution in [-0.4, -0.2) is 44.8 Å². The number of carboxylic acid groups (broad SMARTS) is 1. The Morgan fingerprint density at radius 3 is 2.80 bits per heavy atom. The second-order valence-electron chi connectivity index (χ2n) is 5.49. The Kier molecular flexibility index (Phi) is 4.42. The Morgan fingerprint density at radius 2 is 2.20 bits per heavy atom. The molecule has 0 bridgehead atoms. The fourth-order valence-corrected chi connectivity index (χ4v) is 2.73. The summed E-state index contributed by atoms with van der Waals surface area (Å²) in [6.45, 7) is 5.74. The largest absolute Gasteiger partial charge is 0.481 e. The Hall–Kier alpha value is -1.85. The molecule has 1 amide bonds. The van der Waals surface area contributed by atoms with Gasteiger partial charge in [0.25, 0.3) is 0 Å². The van der Waals surface area contributed by atoms with Crippen molar-refractivity contribution < 1.29 is 14.7 Å². The molecule has 2 heterocycles. The third kappa shape index (κ3) is 3.59. The van der Waals surface area contributed by atoms with Gasteiger partial charge in [-0.05, 0) is 32.3 Å². The van der Waals surface area contributed by atoms with Gasteiger partial charge in [0.15, 0.2) is 0 Å². The molecule has 20 heavy (non-hydrogen) atoms. The maximum atomic E-state index is 12.1. The molecule has 0 radical (unpaired) electrons. The number of carbonyl (C=O) groups is 2. The fraction of sp³-hybridized carbons (Fsp3) is 0.643. The van der Waals surface area contributed by atoms with Crippen LogP contribution in [-0.2, 0) is 16.1 Å². The van der Waals surface area contributed by atoms with Gasteiger partial charge in [0.2, 0.25) is 5.91 Å². The van der Waals surface area contributed by atoms with Gasteiger partial charge in [-0.3, -0.25) is 14.3 Å². The molecule has 1 fully saturated rings. The first kappa shape index (κ1) is 14.6. The van der Waals surface area contributed by atoms with E-state index >= 15 is 0 Å². The van der Waals surface area contributed by atoms with E-state index in [4.69, 9.17) is 5.11 Å². The van der Waals surface area contributed by atoms with Crippen molar-refractivity contribution in [2.24, 2.45) is 5.92 Å². The number of hydrogen-bond acceptors (Lipinski definition) is 3. The van der Waals surface area contributed by atoms with Crippen molar-refractivity contribution in [1.82, 2.24) is 14.7 Å². The molecule has 6 nitrogen and oxygen atoms in total. The van der Waals surface area contributed by atoms with E-state index in [2.05, 4.69) is 5.10 Å². The average Bonchev–Trinajstić information content (AvgIpc) is 2.92. The van der Waals surface area contributed by atoms with Crippen molar-refractivity contribution in [3.05, 3.63) is 17.5 Å². The van der Waals surface area contributed by atoms with Gasteiger partial charge in [0, 0.05) is 38.2 Å². The number of rotatable bonds is 5. The summed E-state index contributed by atoms with van der Waals surface area (Å²) in [6.07, 6.45) is 1.36. The van der Waals surface area contributed by atoms with Gasteiger partial charge in [-0.2, -0.15) is 5.10 Å². The van der Waals surface area contributed by atoms with E-state index in [1.165, 1.54) is 0 Å². The summed E-state index contributed by atoms with van der Waals surface area (Å²) in [5.74, 6) is -0.595. The molecule has 1 aliphatic rings. The number of amides is 1. The quantitative estimate of drug-likeness (QED) is 0.879. The van der Waals surface area contributed by atoms with E-state index in [0.29, 0.717) is 26.1 Å². The lowest BCUT2D eigenvalue weighted by Gasteiger charge is -2.16. The number of hydrogen-bond donors (Lipinski definition) is 1. The summed E-state index contributed by atoms with van der Waals surface area (Å²) in [6, 6.07) is 1.99. The standard InChI is InChI=1S/C14H21N3O3/c1-10-7-11(2)17(15-10)6-4-13(18)16-5-3-12(9-16)8-14(19)20/h7,12H,3-6,8-9H2,1-2H3,(H,19,20). The van der Waals surface area contributed by atoms with E-state index in [9.17, 15) is 9.59 Å². The first-order valence-electron chi connectivity index (χ1n) is 6.96. The van der Waals surface area contributed by atoms with E-state index in [1.807, 2.05) is 24.6 Å². The van der Waals surface area contributed by atoms with Crippen LogP contribution in [0.5, 0.6) is 0 Å². The molecule has 1 aliphatic heterocycles. The predicted octanol–water partition coefficient (Wildman–Crippen LogP) is 1.21. The number of carbonyl (C=O) groups excluding carboxylic acids is 1. The topological polar surface area (TPSA) is 75.4 Å². The third-order valence-corrected chi connectivity index (χ3v) is 3.74. The summed E-state index contributed by atoms with van der Waals surface area (Å²) in [5.41, 5.74) is 2.01. The van der Waals surface area contributed by atoms with Crippen LogP contribution in [0.2, 0.25) is 0 Å². The maximum absolute atomic E-state index is 12.1. The number of nitrogens with zero attached hydrogens (tertiary/aromatic N) is 3.